The number of carbonyl (C=O) groups is 1. The second-order valence-electron chi connectivity index (χ2n) is 9.47. The summed E-state index contributed by atoms with van der Waals surface area (Å²) in [5, 5.41) is 0. The summed E-state index contributed by atoms with van der Waals surface area (Å²) in [5.41, 5.74) is 2.32. The molecule has 1 aliphatic heterocycles. The van der Waals surface area contributed by atoms with Crippen molar-refractivity contribution < 1.29 is 4.79 Å². The maximum Gasteiger partial charge on any atom is 0.223 e. The van der Waals surface area contributed by atoms with Gasteiger partial charge in [0, 0.05) is 31.5 Å². The van der Waals surface area contributed by atoms with Gasteiger partial charge < -0.3 is 9.47 Å². The van der Waals surface area contributed by atoms with E-state index in [1.54, 1.807) is 0 Å². The van der Waals surface area contributed by atoms with Crippen molar-refractivity contribution in [3.8, 4) is 0 Å². The Kier molecular flexibility index (Phi) is 7.46. The Labute approximate surface area is 182 Å². The molecule has 1 saturated heterocycles. The molecular weight excluding hydrogens is 370 g/mol. The van der Waals surface area contributed by atoms with E-state index in [1.165, 1.54) is 82.6 Å². The highest BCUT2D eigenvalue weighted by molar-refractivity contribution is 5.81. The number of aryl methyl sites for hydroxylation is 1. The molecule has 0 bridgehead atoms. The minimum atomic E-state index is 0.250. The van der Waals surface area contributed by atoms with E-state index in [9.17, 15) is 4.79 Å². The second kappa shape index (κ2) is 10.5. The molecule has 4 nitrogen and oxygen atoms in total. The first-order chi connectivity index (χ1) is 14.8. The number of fused-ring (bicyclic) bond motifs is 1. The largest absolute Gasteiger partial charge is 0.339 e. The number of likely N-dealkylation sites (tertiary alicyclic amines) is 1. The molecule has 4 heteroatoms. The van der Waals surface area contributed by atoms with E-state index in [4.69, 9.17) is 4.98 Å². The zero-order chi connectivity index (χ0) is 20.8. The minimum Gasteiger partial charge on any atom is -0.339 e. The van der Waals surface area contributed by atoms with Gasteiger partial charge in [-0.25, -0.2) is 4.98 Å². The van der Waals surface area contributed by atoms with Crippen LogP contribution in [0.5, 0.6) is 0 Å². The summed E-state index contributed by atoms with van der Waals surface area (Å²) in [7, 11) is 0. The highest BCUT2D eigenvalue weighted by Crippen LogP contribution is 2.35. The number of carbonyl (C=O) groups excluding carboxylic acids is 1. The van der Waals surface area contributed by atoms with E-state index in [1.807, 2.05) is 0 Å². The molecule has 0 spiro atoms. The monoisotopic (exact) mass is 409 g/mol. The van der Waals surface area contributed by atoms with Crippen molar-refractivity contribution in [3.63, 3.8) is 0 Å². The summed E-state index contributed by atoms with van der Waals surface area (Å²) >= 11 is 0. The summed E-state index contributed by atoms with van der Waals surface area (Å²) < 4.78 is 2.43. The van der Waals surface area contributed by atoms with Gasteiger partial charge >= 0.3 is 0 Å². The third-order valence-electron chi connectivity index (χ3n) is 7.21. The Morgan fingerprint density at radius 3 is 2.43 bits per heavy atom. The van der Waals surface area contributed by atoms with Gasteiger partial charge in [0.15, 0.2) is 0 Å². The van der Waals surface area contributed by atoms with E-state index in [0.717, 1.165) is 24.4 Å². The van der Waals surface area contributed by atoms with Crippen molar-refractivity contribution in [2.75, 3.05) is 6.54 Å². The van der Waals surface area contributed by atoms with Crippen LogP contribution in [0, 0.1) is 0 Å². The van der Waals surface area contributed by atoms with E-state index in [0.29, 0.717) is 18.4 Å². The Balaban J connectivity index is 1.40. The Hall–Kier alpha value is -1.84. The van der Waals surface area contributed by atoms with Crippen molar-refractivity contribution >= 4 is 16.9 Å². The molecule has 1 unspecified atom stereocenters. The lowest BCUT2D eigenvalue weighted by molar-refractivity contribution is -0.129. The molecule has 4 rings (SSSR count). The van der Waals surface area contributed by atoms with Gasteiger partial charge in [0.2, 0.25) is 5.91 Å². The van der Waals surface area contributed by atoms with Gasteiger partial charge in [-0.15, -0.1) is 0 Å². The predicted molar refractivity (Wildman–Crippen MR) is 124 cm³/mol. The topological polar surface area (TPSA) is 38.1 Å². The van der Waals surface area contributed by atoms with Crippen LogP contribution in [-0.2, 0) is 11.3 Å². The normalized spacial score (nSPS) is 20.1. The van der Waals surface area contributed by atoms with Crippen LogP contribution in [0.4, 0.5) is 0 Å². The quantitative estimate of drug-likeness (QED) is 0.401. The zero-order valence-electron chi connectivity index (χ0n) is 18.8. The molecule has 1 atom stereocenters. The fraction of sp³-hybridized carbons (Fsp3) is 0.692. The van der Waals surface area contributed by atoms with Gasteiger partial charge in [-0.2, -0.15) is 0 Å². The number of aromatic nitrogens is 2. The average molecular weight is 410 g/mol. The smallest absolute Gasteiger partial charge is 0.223 e. The number of unbranched alkanes of at least 4 members (excludes halogenated alkanes) is 7. The highest BCUT2D eigenvalue weighted by atomic mass is 16.2. The molecule has 2 heterocycles. The molecule has 164 valence electrons. The van der Waals surface area contributed by atoms with E-state index >= 15 is 0 Å². The molecule has 30 heavy (non-hydrogen) atoms. The van der Waals surface area contributed by atoms with E-state index in [2.05, 4.69) is 40.7 Å². The van der Waals surface area contributed by atoms with E-state index < -0.39 is 0 Å². The lowest BCUT2D eigenvalue weighted by Crippen LogP contribution is -2.34. The second-order valence-corrected chi connectivity index (χ2v) is 9.47. The number of imidazole rings is 1. The molecule has 0 radical (unpaired) electrons. The minimum absolute atomic E-state index is 0.250. The Morgan fingerprint density at radius 2 is 1.67 bits per heavy atom. The summed E-state index contributed by atoms with van der Waals surface area (Å²) in [4.78, 5) is 20.0. The third kappa shape index (κ3) is 4.90. The Morgan fingerprint density at radius 1 is 0.967 bits per heavy atom. The molecule has 1 amide bonds. The van der Waals surface area contributed by atoms with Crippen molar-refractivity contribution in [3.05, 3.63) is 30.1 Å². The van der Waals surface area contributed by atoms with Crippen LogP contribution >= 0.6 is 0 Å². The fourth-order valence-electron chi connectivity index (χ4n) is 5.52. The number of rotatable bonds is 11. The molecule has 0 N–H and O–H groups in total. The molecule has 1 saturated carbocycles. The number of hydrogen-bond acceptors (Lipinski definition) is 2. The van der Waals surface area contributed by atoms with E-state index in [-0.39, 0.29) is 5.92 Å². The maximum absolute atomic E-state index is 12.8. The first-order valence-corrected chi connectivity index (χ1v) is 12.5. The summed E-state index contributed by atoms with van der Waals surface area (Å²) in [6, 6.07) is 8.98. The number of benzene rings is 1. The third-order valence-corrected chi connectivity index (χ3v) is 7.21. The van der Waals surface area contributed by atoms with Gasteiger partial charge in [-0.05, 0) is 31.4 Å². The first-order valence-electron chi connectivity index (χ1n) is 12.5. The van der Waals surface area contributed by atoms with Gasteiger partial charge in [0.25, 0.3) is 0 Å². The summed E-state index contributed by atoms with van der Waals surface area (Å²) in [6.45, 7) is 4.17. The van der Waals surface area contributed by atoms with Crippen LogP contribution in [-0.4, -0.2) is 32.9 Å². The lowest BCUT2D eigenvalue weighted by atomic mass is 10.1. The zero-order valence-corrected chi connectivity index (χ0v) is 18.8. The van der Waals surface area contributed by atoms with Crippen LogP contribution in [0.3, 0.4) is 0 Å². The number of amides is 1. The van der Waals surface area contributed by atoms with Gasteiger partial charge in [0.1, 0.15) is 5.82 Å². The van der Waals surface area contributed by atoms with Crippen molar-refractivity contribution in [2.45, 2.75) is 109 Å². The molecule has 1 aromatic carbocycles. The number of para-hydroxylation sites is 2. The van der Waals surface area contributed by atoms with Crippen LogP contribution in [0.2, 0.25) is 0 Å². The molecule has 1 aliphatic carbocycles. The van der Waals surface area contributed by atoms with Crippen LogP contribution in [0.25, 0.3) is 11.0 Å². The molecular formula is C26H39N3O. The van der Waals surface area contributed by atoms with Gasteiger partial charge in [0.05, 0.1) is 11.0 Å². The SMILES string of the molecule is CCCCCCCCCCn1c(C2CC(=O)N(C3CCCC3)C2)nc2ccccc21. The first kappa shape index (κ1) is 21.4. The molecule has 2 fully saturated rings. The fourth-order valence-corrected chi connectivity index (χ4v) is 5.52. The van der Waals surface area contributed by atoms with Crippen LogP contribution in [0.15, 0.2) is 24.3 Å². The van der Waals surface area contributed by atoms with Crippen LogP contribution in [0.1, 0.15) is 102 Å². The number of hydrogen-bond donors (Lipinski definition) is 0. The Bertz CT molecular complexity index is 821. The van der Waals surface area contributed by atoms with Gasteiger partial charge in [-0.1, -0.05) is 76.8 Å². The number of nitrogens with zero attached hydrogens (tertiary/aromatic N) is 3. The lowest BCUT2D eigenvalue weighted by Gasteiger charge is -2.24. The van der Waals surface area contributed by atoms with Crippen molar-refractivity contribution in [1.82, 2.24) is 14.5 Å². The standard InChI is InChI=1S/C26H39N3O/c1-2-3-4-5-6-7-8-13-18-28-24-17-12-11-16-23(24)27-26(28)21-19-25(30)29(20-21)22-14-9-10-15-22/h11-12,16-17,21-22H,2-10,13-15,18-20H2,1H3. The predicted octanol–water partition coefficient (Wildman–Crippen LogP) is 6.44. The highest BCUT2D eigenvalue weighted by Gasteiger charge is 2.38. The summed E-state index contributed by atoms with van der Waals surface area (Å²) in [5.74, 6) is 1.74. The molecule has 2 aliphatic rings. The summed E-state index contributed by atoms with van der Waals surface area (Å²) in [6.07, 6.45) is 16.2. The van der Waals surface area contributed by atoms with Gasteiger partial charge in [-0.3, -0.25) is 4.79 Å². The average Bonchev–Trinajstić information content (AvgIpc) is 3.48. The molecule has 1 aromatic heterocycles. The van der Waals surface area contributed by atoms with Crippen molar-refractivity contribution in [1.29, 1.82) is 0 Å². The van der Waals surface area contributed by atoms with Crippen molar-refractivity contribution in [2.24, 2.45) is 0 Å². The maximum atomic E-state index is 12.8. The molecule has 2 aromatic rings. The van der Waals surface area contributed by atoms with Crippen LogP contribution < -0.4 is 0 Å².